The maximum absolute atomic E-state index is 10.8. The molecule has 1 aromatic rings. The largest absolute Gasteiger partial charge is 0.294 e. The van der Waals surface area contributed by atoms with Crippen LogP contribution in [-0.2, 0) is 0 Å². The Balaban J connectivity index is 3.23. The van der Waals surface area contributed by atoms with Gasteiger partial charge in [0.15, 0.2) is 5.78 Å². The number of nitrogens with zero attached hydrogens (tertiary/aromatic N) is 1. The Morgan fingerprint density at radius 1 is 1.73 bits per heavy atom. The van der Waals surface area contributed by atoms with E-state index in [0.29, 0.717) is 11.0 Å². The van der Waals surface area contributed by atoms with E-state index < -0.39 is 0 Å². The van der Waals surface area contributed by atoms with Crippen LogP contribution >= 0.6 is 11.6 Å². The van der Waals surface area contributed by atoms with Gasteiger partial charge in [0.25, 0.3) is 0 Å². The van der Waals surface area contributed by atoms with E-state index in [1.165, 1.54) is 19.2 Å². The van der Waals surface area contributed by atoms with Gasteiger partial charge in [0.05, 0.1) is 5.56 Å². The Morgan fingerprint density at radius 2 is 2.36 bits per heavy atom. The molecule has 2 nitrogen and oxygen atoms in total. The number of carbonyl (C=O) groups excluding carboxylic acids is 1. The average molecular weight is 165 g/mol. The van der Waals surface area contributed by atoms with Crippen LogP contribution in [0.3, 0.4) is 0 Å². The standard InChI is InChI=1S/C7H5BClNO/c1-4(11)6-2-5(8)3-10-7(6)9/h2-3H,1H3. The van der Waals surface area contributed by atoms with Crippen molar-refractivity contribution in [2.45, 2.75) is 6.92 Å². The summed E-state index contributed by atoms with van der Waals surface area (Å²) in [5.74, 6) is -0.130. The quantitative estimate of drug-likeness (QED) is 0.349. The van der Waals surface area contributed by atoms with Gasteiger partial charge in [0.2, 0.25) is 0 Å². The fourth-order valence-electron chi connectivity index (χ4n) is 0.711. The summed E-state index contributed by atoms with van der Waals surface area (Å²) in [6.07, 6.45) is 1.41. The van der Waals surface area contributed by atoms with Crippen LogP contribution in [0.4, 0.5) is 0 Å². The van der Waals surface area contributed by atoms with Crippen LogP contribution in [0.2, 0.25) is 5.15 Å². The van der Waals surface area contributed by atoms with Crippen molar-refractivity contribution in [3.05, 3.63) is 23.0 Å². The van der Waals surface area contributed by atoms with Crippen LogP contribution in [0.15, 0.2) is 12.3 Å². The summed E-state index contributed by atoms with van der Waals surface area (Å²) in [4.78, 5) is 14.6. The molecule has 0 fully saturated rings. The third-order valence-electron chi connectivity index (χ3n) is 1.24. The van der Waals surface area contributed by atoms with Crippen molar-refractivity contribution in [1.29, 1.82) is 0 Å². The van der Waals surface area contributed by atoms with E-state index in [9.17, 15) is 4.79 Å². The highest BCUT2D eigenvalue weighted by molar-refractivity contribution is 6.35. The molecule has 11 heavy (non-hydrogen) atoms. The Morgan fingerprint density at radius 3 is 2.82 bits per heavy atom. The summed E-state index contributed by atoms with van der Waals surface area (Å²) in [5.41, 5.74) is 0.811. The number of hydrogen-bond donors (Lipinski definition) is 0. The molecule has 0 atom stereocenters. The first-order valence-corrected chi connectivity index (χ1v) is 3.41. The number of rotatable bonds is 1. The molecule has 0 amide bonds. The van der Waals surface area contributed by atoms with Crippen LogP contribution in [0.25, 0.3) is 0 Å². The zero-order valence-electron chi connectivity index (χ0n) is 5.97. The van der Waals surface area contributed by atoms with E-state index >= 15 is 0 Å². The van der Waals surface area contributed by atoms with Gasteiger partial charge in [-0.2, -0.15) is 0 Å². The zero-order chi connectivity index (χ0) is 8.43. The van der Waals surface area contributed by atoms with Crippen LogP contribution in [-0.4, -0.2) is 18.6 Å². The number of halogens is 1. The van der Waals surface area contributed by atoms with Crippen molar-refractivity contribution in [2.24, 2.45) is 0 Å². The molecular weight excluding hydrogens is 160 g/mol. The van der Waals surface area contributed by atoms with Gasteiger partial charge in [0, 0.05) is 6.20 Å². The van der Waals surface area contributed by atoms with Gasteiger partial charge in [0.1, 0.15) is 13.0 Å². The fourth-order valence-corrected chi connectivity index (χ4v) is 0.948. The number of ketones is 1. The minimum absolute atomic E-state index is 0.130. The van der Waals surface area contributed by atoms with E-state index in [-0.39, 0.29) is 10.9 Å². The lowest BCUT2D eigenvalue weighted by Crippen LogP contribution is -2.07. The summed E-state index contributed by atoms with van der Waals surface area (Å²) >= 11 is 5.60. The minimum atomic E-state index is -0.130. The van der Waals surface area contributed by atoms with E-state index in [1.54, 1.807) is 0 Å². The monoisotopic (exact) mass is 165 g/mol. The zero-order valence-corrected chi connectivity index (χ0v) is 6.72. The molecule has 4 heteroatoms. The number of hydrogen-bond acceptors (Lipinski definition) is 2. The second-order valence-corrected chi connectivity index (χ2v) is 2.52. The van der Waals surface area contributed by atoms with E-state index in [1.807, 2.05) is 0 Å². The first-order valence-electron chi connectivity index (χ1n) is 3.03. The van der Waals surface area contributed by atoms with Crippen molar-refractivity contribution in [1.82, 2.24) is 4.98 Å². The normalized spacial score (nSPS) is 9.64. The minimum Gasteiger partial charge on any atom is -0.294 e. The summed E-state index contributed by atoms with van der Waals surface area (Å²) < 4.78 is 0. The van der Waals surface area contributed by atoms with Gasteiger partial charge in [-0.3, -0.25) is 4.79 Å². The van der Waals surface area contributed by atoms with Crippen molar-refractivity contribution in [2.75, 3.05) is 0 Å². The highest BCUT2D eigenvalue weighted by Gasteiger charge is 2.05. The Labute approximate surface area is 71.0 Å². The second-order valence-electron chi connectivity index (χ2n) is 2.16. The van der Waals surface area contributed by atoms with Gasteiger partial charge in [-0.25, -0.2) is 4.98 Å². The van der Waals surface area contributed by atoms with Gasteiger partial charge >= 0.3 is 0 Å². The van der Waals surface area contributed by atoms with Crippen LogP contribution in [0, 0.1) is 0 Å². The van der Waals surface area contributed by atoms with Crippen LogP contribution in [0.5, 0.6) is 0 Å². The van der Waals surface area contributed by atoms with Gasteiger partial charge < -0.3 is 0 Å². The van der Waals surface area contributed by atoms with Crippen molar-refractivity contribution >= 4 is 30.7 Å². The van der Waals surface area contributed by atoms with Crippen molar-refractivity contribution < 1.29 is 4.79 Å². The SMILES string of the molecule is [B]c1cnc(Cl)c(C(C)=O)c1. The maximum atomic E-state index is 10.8. The molecule has 2 radical (unpaired) electrons. The molecule has 0 spiro atoms. The fraction of sp³-hybridized carbons (Fsp3) is 0.143. The lowest BCUT2D eigenvalue weighted by atomic mass is 9.96. The molecule has 0 saturated carbocycles. The van der Waals surface area contributed by atoms with Gasteiger partial charge in [-0.1, -0.05) is 23.1 Å². The predicted molar refractivity (Wildman–Crippen MR) is 44.6 cm³/mol. The molecule has 0 bridgehead atoms. The molecule has 0 unspecified atom stereocenters. The molecule has 54 valence electrons. The Bertz CT molecular complexity index is 300. The number of Topliss-reactive ketones (excluding diaryl/α,β-unsaturated/α-hetero) is 1. The lowest BCUT2D eigenvalue weighted by Gasteiger charge is -1.98. The Kier molecular flexibility index (Phi) is 2.30. The summed E-state index contributed by atoms with van der Waals surface area (Å²) in [7, 11) is 5.39. The molecule has 1 aromatic heterocycles. The molecule has 0 N–H and O–H groups in total. The topological polar surface area (TPSA) is 30.0 Å². The smallest absolute Gasteiger partial charge is 0.162 e. The summed E-state index contributed by atoms with van der Waals surface area (Å²) in [5, 5.41) is 0.201. The maximum Gasteiger partial charge on any atom is 0.162 e. The highest BCUT2D eigenvalue weighted by atomic mass is 35.5. The number of carbonyl (C=O) groups is 1. The molecule has 0 aliphatic heterocycles. The Hall–Kier alpha value is -0.825. The summed E-state index contributed by atoms with van der Waals surface area (Å²) in [6.45, 7) is 1.42. The highest BCUT2D eigenvalue weighted by Crippen LogP contribution is 2.10. The second kappa shape index (κ2) is 3.05. The predicted octanol–water partition coefficient (Wildman–Crippen LogP) is 0.731. The van der Waals surface area contributed by atoms with Crippen LogP contribution in [0.1, 0.15) is 17.3 Å². The van der Waals surface area contributed by atoms with Crippen molar-refractivity contribution in [3.63, 3.8) is 0 Å². The van der Waals surface area contributed by atoms with Gasteiger partial charge in [-0.15, -0.1) is 0 Å². The molecule has 1 rings (SSSR count). The number of aromatic nitrogens is 1. The molecule has 1 heterocycles. The molecule has 0 saturated heterocycles. The van der Waals surface area contributed by atoms with Gasteiger partial charge in [-0.05, 0) is 6.92 Å². The van der Waals surface area contributed by atoms with E-state index in [2.05, 4.69) is 4.98 Å². The van der Waals surface area contributed by atoms with E-state index in [0.717, 1.165) is 0 Å². The average Bonchev–Trinajstić information content (AvgIpc) is 1.94. The first kappa shape index (κ1) is 8.27. The van der Waals surface area contributed by atoms with E-state index in [4.69, 9.17) is 19.4 Å². The van der Waals surface area contributed by atoms with Crippen molar-refractivity contribution in [3.8, 4) is 0 Å². The summed E-state index contributed by atoms with van der Waals surface area (Å²) in [6, 6.07) is 1.51. The molecule has 0 aromatic carbocycles. The lowest BCUT2D eigenvalue weighted by molar-refractivity contribution is 0.101. The molecule has 0 aliphatic carbocycles. The van der Waals surface area contributed by atoms with Crippen LogP contribution < -0.4 is 5.46 Å². The third kappa shape index (κ3) is 1.81. The first-order chi connectivity index (χ1) is 5.11. The number of pyridine rings is 1. The third-order valence-corrected chi connectivity index (χ3v) is 1.54. The molecule has 0 aliphatic rings. The molecular formula is C7H5BClNO.